The molecule has 0 atom stereocenters. The summed E-state index contributed by atoms with van der Waals surface area (Å²) in [5.41, 5.74) is 30.5. The zero-order chi connectivity index (χ0) is 60.7. The van der Waals surface area contributed by atoms with E-state index in [0.29, 0.717) is 18.8 Å². The van der Waals surface area contributed by atoms with Crippen LogP contribution in [0.4, 0.5) is 28.4 Å². The first-order valence-electron chi connectivity index (χ1n) is 26.4. The molecule has 0 aliphatic heterocycles. The number of nitro benzene ring substituents is 2. The summed E-state index contributed by atoms with van der Waals surface area (Å²) in [5.74, 6) is 0. The van der Waals surface area contributed by atoms with Crippen molar-refractivity contribution in [3.05, 3.63) is 305 Å². The largest absolute Gasteiger partial charge is 0.399 e. The molecule has 6 N–H and O–H groups in total. The van der Waals surface area contributed by atoms with E-state index in [-0.39, 0.29) is 25.0 Å². The molecule has 0 saturated carbocycles. The summed E-state index contributed by atoms with van der Waals surface area (Å²) in [6, 6.07) is 69.3. The Balaban J connectivity index is 0.000000227. The number of nitrogens with two attached hydrogens (primary N) is 3. The molecule has 12 nitrogen and oxygen atoms in total. The Bertz CT molecular complexity index is 3220. The van der Waals surface area contributed by atoms with Crippen LogP contribution in [0, 0.1) is 37.9 Å². The van der Waals surface area contributed by atoms with E-state index in [0.717, 1.165) is 44.9 Å². The van der Waals surface area contributed by atoms with E-state index in [1.165, 1.54) is 57.2 Å². The fraction of sp³-hybridized carbons (Fsp3) is 0.101. The van der Waals surface area contributed by atoms with E-state index in [1.54, 1.807) is 38.1 Å². The number of hydrogen-bond acceptors (Lipinski definition) is 10. The molecule has 0 aliphatic rings. The second-order valence-corrected chi connectivity index (χ2v) is 24.1. The van der Waals surface area contributed by atoms with Crippen LogP contribution < -0.4 is 17.2 Å². The van der Waals surface area contributed by atoms with E-state index in [2.05, 4.69) is 184 Å². The van der Waals surface area contributed by atoms with Gasteiger partial charge in [0.05, 0.1) is 29.2 Å². The highest BCUT2D eigenvalue weighted by molar-refractivity contribution is 14.1. The molecule has 16 heteroatoms. The van der Waals surface area contributed by atoms with Crippen LogP contribution in [0.15, 0.2) is 218 Å². The second kappa shape index (κ2) is 37.7. The molecule has 0 bridgehead atoms. The summed E-state index contributed by atoms with van der Waals surface area (Å²) in [4.78, 5) is 20.1. The number of nitrogens with zero attached hydrogens (tertiary/aromatic N) is 2. The van der Waals surface area contributed by atoms with E-state index >= 15 is 0 Å². The minimum Gasteiger partial charge on any atom is -0.399 e. The molecule has 85 heavy (non-hydrogen) atoms. The third-order valence-electron chi connectivity index (χ3n) is 11.6. The maximum absolute atomic E-state index is 12.2. The maximum Gasteiger partial charge on any atom is 0.335 e. The van der Waals surface area contributed by atoms with Gasteiger partial charge in [-0.1, -0.05) is 171 Å². The normalized spacial score (nSPS) is 10.8. The van der Waals surface area contributed by atoms with Crippen molar-refractivity contribution in [2.24, 2.45) is 0 Å². The lowest BCUT2D eigenvalue weighted by Crippen LogP contribution is -1.99. The molecule has 0 aliphatic carbocycles. The molecular formula is C69H69I3N5O7P. The molecule has 0 fully saturated rings. The average Bonchev–Trinajstić information content (AvgIpc) is 3.64. The second-order valence-electron chi connectivity index (χ2n) is 18.3. The average molecular weight is 1490 g/mol. The van der Waals surface area contributed by atoms with Crippen molar-refractivity contribution in [2.75, 3.05) is 30.4 Å². The van der Waals surface area contributed by atoms with Gasteiger partial charge >= 0.3 is 7.60 Å². The van der Waals surface area contributed by atoms with Crippen LogP contribution in [0.2, 0.25) is 0 Å². The summed E-state index contributed by atoms with van der Waals surface area (Å²) in [6.45, 7) is 6.16. The number of benzene rings is 9. The van der Waals surface area contributed by atoms with E-state index < -0.39 is 17.4 Å². The molecular weight excluding hydrogens is 1420 g/mol. The van der Waals surface area contributed by atoms with Gasteiger partial charge in [0.25, 0.3) is 11.4 Å². The number of nitro groups is 2. The molecule has 9 aromatic carbocycles. The first-order chi connectivity index (χ1) is 40.4. The van der Waals surface area contributed by atoms with Crippen molar-refractivity contribution in [3.63, 3.8) is 0 Å². The molecule has 9 aromatic rings. The topological polar surface area (TPSA) is 200 Å². The van der Waals surface area contributed by atoms with Crippen molar-refractivity contribution in [3.8, 4) is 0 Å². The Labute approximate surface area is 540 Å². The number of halogens is 3. The van der Waals surface area contributed by atoms with Gasteiger partial charge in [-0.2, -0.15) is 0 Å². The highest BCUT2D eigenvalue weighted by Crippen LogP contribution is 2.51. The molecule has 0 spiro atoms. The van der Waals surface area contributed by atoms with Gasteiger partial charge in [0, 0.05) is 52.0 Å². The van der Waals surface area contributed by atoms with Crippen LogP contribution in [0.3, 0.4) is 0 Å². The van der Waals surface area contributed by atoms with Crippen LogP contribution in [0.25, 0.3) is 48.6 Å². The molecule has 9 rings (SSSR count). The van der Waals surface area contributed by atoms with Gasteiger partial charge < -0.3 is 26.2 Å². The number of nitrogen functional groups attached to an aromatic ring is 3. The van der Waals surface area contributed by atoms with Crippen LogP contribution >= 0.6 is 75.4 Å². The minimum atomic E-state index is -3.15. The Morgan fingerprint density at radius 3 is 0.929 bits per heavy atom. The predicted molar refractivity (Wildman–Crippen MR) is 384 cm³/mol. The monoisotopic (exact) mass is 1490 g/mol. The molecule has 0 radical (unpaired) electrons. The van der Waals surface area contributed by atoms with Crippen molar-refractivity contribution >= 4 is 152 Å². The molecule has 0 aromatic heterocycles. The van der Waals surface area contributed by atoms with Crippen molar-refractivity contribution in [1.82, 2.24) is 0 Å². The van der Waals surface area contributed by atoms with Crippen molar-refractivity contribution in [1.29, 1.82) is 0 Å². The number of aryl methyl sites for hydroxylation is 1. The number of non-ortho nitro benzene ring substituents is 2. The lowest BCUT2D eigenvalue weighted by Gasteiger charge is -2.16. The number of rotatable bonds is 16. The molecule has 0 saturated heterocycles. The standard InChI is InChI=1S/C15H15N.C14H10INO2.2C14H12IN.C11H16NO5P.CH4/c1-12-2-4-13(5-3-12)6-7-14-8-10-15(16)11-9-14;15-13-7-3-11(4-8-13)1-2-12-5-9-14(10-6-12)16(17)18;2*15-13-7-3-11(4-8-13)1-2-12-5-9-14(16)10-6-12;1-3-16-18(15,17-4-2)9-10-5-7-11(8-6-10)12(13)14;/h2-11H,16H2,1H3;1-10H;2*1-10H,16H2;5-8H,3-4,9H2,1-2H3;1H4/b7-6+;3*2-1+;;/i;;15-2;;;. The van der Waals surface area contributed by atoms with Crippen LogP contribution in [0.1, 0.15) is 76.9 Å². The lowest BCUT2D eigenvalue weighted by molar-refractivity contribution is -0.385. The van der Waals surface area contributed by atoms with Gasteiger partial charge in [-0.25, -0.2) is 0 Å². The van der Waals surface area contributed by atoms with Gasteiger partial charge in [-0.05, 0) is 224 Å². The van der Waals surface area contributed by atoms with Gasteiger partial charge in [0.1, 0.15) is 0 Å². The molecule has 0 heterocycles. The first-order valence-corrected chi connectivity index (χ1v) is 31.3. The summed E-state index contributed by atoms with van der Waals surface area (Å²) < 4.78 is 26.2. The fourth-order valence-corrected chi connectivity index (χ4v) is 9.95. The quantitative estimate of drug-likeness (QED) is 0.0209. The summed E-state index contributed by atoms with van der Waals surface area (Å²) >= 11 is 6.86. The molecule has 0 unspecified atom stereocenters. The third kappa shape index (κ3) is 27.8. The van der Waals surface area contributed by atoms with Gasteiger partial charge in [0.2, 0.25) is 0 Å². The Morgan fingerprint density at radius 1 is 0.424 bits per heavy atom. The summed E-state index contributed by atoms with van der Waals surface area (Å²) in [6.07, 6.45) is 16.6. The Hall–Kier alpha value is -7.52. The summed E-state index contributed by atoms with van der Waals surface area (Å²) in [5, 5.41) is 21.0. The first kappa shape index (κ1) is 70.0. The van der Waals surface area contributed by atoms with Crippen molar-refractivity contribution < 1.29 is 23.5 Å². The molecule has 438 valence electrons. The predicted octanol–water partition coefficient (Wildman–Crippen LogP) is 20.2. The van der Waals surface area contributed by atoms with Crippen LogP contribution in [0.5, 0.6) is 0 Å². The van der Waals surface area contributed by atoms with Crippen LogP contribution in [-0.4, -0.2) is 23.1 Å². The number of anilines is 3. The molecule has 0 amide bonds. The fourth-order valence-electron chi connectivity index (χ4n) is 7.17. The highest BCUT2D eigenvalue weighted by Gasteiger charge is 2.24. The van der Waals surface area contributed by atoms with Crippen molar-refractivity contribution in [2.45, 2.75) is 34.4 Å². The SMILES string of the molecule is C.CCOP(=O)(Cc1ccc([N+](=O)[O-])cc1)OCC.Cc1ccc(/C=C/c2ccc(N)cc2)cc1.Nc1ccc(/C=C/c2ccc(I)cc2)cc1.Nc1ccc(/C=C/c2ccc([125I])cc2)cc1.O=[N+]([O-])c1ccc(/C=C/c2ccc(I)cc2)cc1. The van der Waals surface area contributed by atoms with Gasteiger partial charge in [-0.15, -0.1) is 0 Å². The minimum absolute atomic E-state index is 0. The van der Waals surface area contributed by atoms with E-state index in [4.69, 9.17) is 26.2 Å². The van der Waals surface area contributed by atoms with Crippen LogP contribution in [-0.2, 0) is 19.8 Å². The third-order valence-corrected chi connectivity index (χ3v) is 15.9. The number of hydrogen-bond donors (Lipinski definition) is 3. The summed E-state index contributed by atoms with van der Waals surface area (Å²) in [7, 11) is -3.15. The Kier molecular flexibility index (Phi) is 31.0. The van der Waals surface area contributed by atoms with Gasteiger partial charge in [-0.3, -0.25) is 24.8 Å². The lowest BCUT2D eigenvalue weighted by atomic mass is 10.1. The zero-order valence-corrected chi connectivity index (χ0v) is 54.0. The smallest absolute Gasteiger partial charge is 0.335 e. The van der Waals surface area contributed by atoms with E-state index in [9.17, 15) is 24.8 Å². The Morgan fingerprint density at radius 2 is 0.659 bits per heavy atom. The maximum atomic E-state index is 12.2. The zero-order valence-electron chi connectivity index (χ0n) is 46.6. The van der Waals surface area contributed by atoms with E-state index in [1.807, 2.05) is 109 Å². The van der Waals surface area contributed by atoms with Gasteiger partial charge in [0.15, 0.2) is 0 Å². The highest BCUT2D eigenvalue weighted by atomic mass is 127.